The molecule has 1 aromatic rings. The van der Waals surface area contributed by atoms with Crippen molar-refractivity contribution in [2.45, 2.75) is 12.2 Å². The van der Waals surface area contributed by atoms with Crippen molar-refractivity contribution in [1.82, 2.24) is 0 Å². The van der Waals surface area contributed by atoms with E-state index in [4.69, 9.17) is 27.9 Å². The first kappa shape index (κ1) is 11.0. The number of rotatable bonds is 2. The van der Waals surface area contributed by atoms with Gasteiger partial charge in [-0.2, -0.15) is 12.6 Å². The van der Waals surface area contributed by atoms with E-state index in [2.05, 4.69) is 12.6 Å². The minimum absolute atomic E-state index is 0.0657. The Morgan fingerprint density at radius 2 is 1.92 bits per heavy atom. The smallest absolute Gasteiger partial charge is 0.138 e. The fourth-order valence-corrected chi connectivity index (χ4v) is 1.88. The van der Waals surface area contributed by atoms with E-state index in [1.165, 1.54) is 0 Å². The van der Waals surface area contributed by atoms with Gasteiger partial charge < -0.3 is 4.74 Å². The molecule has 1 nitrogen and oxygen atoms in total. The van der Waals surface area contributed by atoms with Crippen molar-refractivity contribution < 1.29 is 4.74 Å². The van der Waals surface area contributed by atoms with Crippen LogP contribution in [0.2, 0.25) is 10.0 Å². The van der Waals surface area contributed by atoms with Gasteiger partial charge in [-0.25, -0.2) is 0 Å². The van der Waals surface area contributed by atoms with Crippen LogP contribution in [0.3, 0.4) is 0 Å². The standard InChI is InChI=1S/C9H10Cl2OS/c1-5(13)6-3-8(11)9(12-2)4-7(6)10/h3-5,13H,1-2H3. The highest BCUT2D eigenvalue weighted by atomic mass is 35.5. The third kappa shape index (κ3) is 2.46. The molecule has 0 aliphatic carbocycles. The minimum Gasteiger partial charge on any atom is -0.495 e. The molecule has 0 aliphatic heterocycles. The first-order valence-electron chi connectivity index (χ1n) is 3.77. The van der Waals surface area contributed by atoms with Crippen molar-refractivity contribution in [1.29, 1.82) is 0 Å². The van der Waals surface area contributed by atoms with E-state index >= 15 is 0 Å². The van der Waals surface area contributed by atoms with Crippen LogP contribution in [0.15, 0.2) is 12.1 Å². The summed E-state index contributed by atoms with van der Waals surface area (Å²) < 4.78 is 5.02. The second kappa shape index (κ2) is 4.45. The molecule has 0 spiro atoms. The number of hydrogen-bond acceptors (Lipinski definition) is 2. The zero-order valence-corrected chi connectivity index (χ0v) is 9.75. The summed E-state index contributed by atoms with van der Waals surface area (Å²) >= 11 is 16.2. The lowest BCUT2D eigenvalue weighted by Gasteiger charge is -2.10. The molecule has 0 aliphatic rings. The van der Waals surface area contributed by atoms with Gasteiger partial charge in [-0.15, -0.1) is 0 Å². The molecule has 0 N–H and O–H groups in total. The van der Waals surface area contributed by atoms with Crippen LogP contribution in [0, 0.1) is 0 Å². The molecule has 72 valence electrons. The molecule has 1 aromatic carbocycles. The highest BCUT2D eigenvalue weighted by Gasteiger charge is 2.10. The van der Waals surface area contributed by atoms with Crippen molar-refractivity contribution in [3.8, 4) is 5.75 Å². The summed E-state index contributed by atoms with van der Waals surface area (Å²) in [7, 11) is 1.56. The van der Waals surface area contributed by atoms with Gasteiger partial charge in [0, 0.05) is 16.3 Å². The van der Waals surface area contributed by atoms with E-state index in [0.29, 0.717) is 15.8 Å². The van der Waals surface area contributed by atoms with Crippen LogP contribution in [0.5, 0.6) is 5.75 Å². The number of hydrogen-bond donors (Lipinski definition) is 1. The van der Waals surface area contributed by atoms with Crippen molar-refractivity contribution in [3.63, 3.8) is 0 Å². The fourth-order valence-electron chi connectivity index (χ4n) is 1.02. The molecule has 0 radical (unpaired) electrons. The number of benzene rings is 1. The van der Waals surface area contributed by atoms with Crippen LogP contribution in [-0.4, -0.2) is 7.11 Å². The fraction of sp³-hybridized carbons (Fsp3) is 0.333. The number of halogens is 2. The van der Waals surface area contributed by atoms with Crippen molar-refractivity contribution in [2.75, 3.05) is 7.11 Å². The second-order valence-corrected chi connectivity index (χ2v) is 4.27. The Morgan fingerprint density at radius 1 is 1.31 bits per heavy atom. The summed E-state index contributed by atoms with van der Waals surface area (Å²) in [6, 6.07) is 3.48. The third-order valence-corrected chi connectivity index (χ3v) is 2.62. The van der Waals surface area contributed by atoms with E-state index in [-0.39, 0.29) is 5.25 Å². The monoisotopic (exact) mass is 236 g/mol. The molecule has 0 saturated heterocycles. The SMILES string of the molecule is COc1cc(Cl)c(C(C)S)cc1Cl. The average Bonchev–Trinajstić information content (AvgIpc) is 2.07. The number of methoxy groups -OCH3 is 1. The first-order valence-corrected chi connectivity index (χ1v) is 5.04. The summed E-state index contributed by atoms with van der Waals surface area (Å²) in [5, 5.41) is 1.25. The molecule has 1 atom stereocenters. The van der Waals surface area contributed by atoms with Gasteiger partial charge in [-0.05, 0) is 18.6 Å². The highest BCUT2D eigenvalue weighted by molar-refractivity contribution is 7.80. The summed E-state index contributed by atoms with van der Waals surface area (Å²) in [5.74, 6) is 0.587. The zero-order valence-electron chi connectivity index (χ0n) is 7.34. The highest BCUT2D eigenvalue weighted by Crippen LogP contribution is 2.35. The van der Waals surface area contributed by atoms with Gasteiger partial charge in [0.15, 0.2) is 0 Å². The molecular formula is C9H10Cl2OS. The normalized spacial score (nSPS) is 12.7. The summed E-state index contributed by atoms with van der Waals surface area (Å²) in [6.07, 6.45) is 0. The summed E-state index contributed by atoms with van der Waals surface area (Å²) in [4.78, 5) is 0. The topological polar surface area (TPSA) is 9.23 Å². The Kier molecular flexibility index (Phi) is 3.77. The lowest BCUT2D eigenvalue weighted by Crippen LogP contribution is -1.90. The molecule has 4 heteroatoms. The second-order valence-electron chi connectivity index (χ2n) is 2.68. The zero-order chi connectivity index (χ0) is 10.0. The molecule has 1 unspecified atom stereocenters. The van der Waals surface area contributed by atoms with Gasteiger partial charge in [0.2, 0.25) is 0 Å². The average molecular weight is 237 g/mol. The quantitative estimate of drug-likeness (QED) is 0.765. The van der Waals surface area contributed by atoms with Gasteiger partial charge in [-0.3, -0.25) is 0 Å². The third-order valence-electron chi connectivity index (χ3n) is 1.72. The lowest BCUT2D eigenvalue weighted by atomic mass is 10.1. The summed E-state index contributed by atoms with van der Waals surface area (Å²) in [6.45, 7) is 1.94. The van der Waals surface area contributed by atoms with Gasteiger partial charge in [0.1, 0.15) is 5.75 Å². The Balaban J connectivity index is 3.20. The van der Waals surface area contributed by atoms with Crippen LogP contribution in [0.4, 0.5) is 0 Å². The molecule has 0 fully saturated rings. The number of thiol groups is 1. The molecule has 0 bridgehead atoms. The van der Waals surface area contributed by atoms with Crippen molar-refractivity contribution in [3.05, 3.63) is 27.7 Å². The van der Waals surface area contributed by atoms with Crippen LogP contribution in [0.25, 0.3) is 0 Å². The molecule has 0 aromatic heterocycles. The van der Waals surface area contributed by atoms with E-state index < -0.39 is 0 Å². The van der Waals surface area contributed by atoms with Crippen molar-refractivity contribution in [2.24, 2.45) is 0 Å². The maximum Gasteiger partial charge on any atom is 0.138 e. The van der Waals surface area contributed by atoms with E-state index in [1.807, 2.05) is 6.92 Å². The first-order chi connectivity index (χ1) is 6.06. The Morgan fingerprint density at radius 3 is 2.38 bits per heavy atom. The molecule has 0 saturated carbocycles. The molecule has 0 heterocycles. The van der Waals surface area contributed by atoms with Crippen LogP contribution >= 0.6 is 35.8 Å². The summed E-state index contributed by atoms with van der Waals surface area (Å²) in [5.41, 5.74) is 0.913. The van der Waals surface area contributed by atoms with Crippen molar-refractivity contribution >= 4 is 35.8 Å². The molecular weight excluding hydrogens is 227 g/mol. The maximum atomic E-state index is 5.99. The Hall–Kier alpha value is -0.0500. The lowest BCUT2D eigenvalue weighted by molar-refractivity contribution is 0.415. The van der Waals surface area contributed by atoms with Gasteiger partial charge >= 0.3 is 0 Å². The predicted octanol–water partition coefficient (Wildman–Crippen LogP) is 3.99. The molecule has 13 heavy (non-hydrogen) atoms. The van der Waals surface area contributed by atoms with Gasteiger partial charge in [0.05, 0.1) is 12.1 Å². The van der Waals surface area contributed by atoms with Crippen LogP contribution in [0.1, 0.15) is 17.7 Å². The Labute approximate surface area is 93.4 Å². The van der Waals surface area contributed by atoms with E-state index in [0.717, 1.165) is 5.56 Å². The maximum absolute atomic E-state index is 5.99. The van der Waals surface area contributed by atoms with E-state index in [1.54, 1.807) is 19.2 Å². The Bertz CT molecular complexity index is 313. The molecule has 1 rings (SSSR count). The largest absolute Gasteiger partial charge is 0.495 e. The predicted molar refractivity (Wildman–Crippen MR) is 60.4 cm³/mol. The molecule has 0 amide bonds. The minimum atomic E-state index is 0.0657. The van der Waals surface area contributed by atoms with Crippen LogP contribution < -0.4 is 4.74 Å². The number of ether oxygens (including phenoxy) is 1. The van der Waals surface area contributed by atoms with E-state index in [9.17, 15) is 0 Å². The van der Waals surface area contributed by atoms with Gasteiger partial charge in [0.25, 0.3) is 0 Å². The van der Waals surface area contributed by atoms with Gasteiger partial charge in [-0.1, -0.05) is 23.2 Å². The van der Waals surface area contributed by atoms with Crippen LogP contribution in [-0.2, 0) is 0 Å².